The molecule has 1 heteroatoms. The molecule has 0 bridgehead atoms. The highest BCUT2D eigenvalue weighted by atomic mass is 15.1. The molecule has 2 aliphatic rings. The zero-order valence-electron chi connectivity index (χ0n) is 35.2. The first-order valence-corrected chi connectivity index (χ1v) is 21.5. The number of benzene rings is 9. The van der Waals surface area contributed by atoms with Gasteiger partial charge in [0.15, 0.2) is 0 Å². The summed E-state index contributed by atoms with van der Waals surface area (Å²) in [6, 6.07) is 78.3. The maximum absolute atomic E-state index is 2.42. The molecule has 2 aliphatic carbocycles. The predicted octanol–water partition coefficient (Wildman–Crippen LogP) is 16.4. The summed E-state index contributed by atoms with van der Waals surface area (Å²) in [5.41, 5.74) is 24.0. The normalized spacial score (nSPS) is 13.8. The molecule has 0 radical (unpaired) electrons. The number of fused-ring (bicyclic) bond motifs is 6. The van der Waals surface area contributed by atoms with Crippen molar-refractivity contribution in [3.63, 3.8) is 0 Å². The molecule has 0 amide bonds. The van der Waals surface area contributed by atoms with Gasteiger partial charge < -0.3 is 4.90 Å². The average molecular weight is 782 g/mol. The van der Waals surface area contributed by atoms with Crippen molar-refractivity contribution in [3.8, 4) is 66.8 Å². The minimum absolute atomic E-state index is 0.0851. The standard InChI is InChI=1S/C60H47N/c1-59(2)55-19-10-8-15-51(55)53-38-37-49(39-57(53)59)61(48-35-31-46(32-36-48)50-17-12-18-54-52-16-9-11-20-56(52)60(3,4)58(50)54)47-33-29-45(30-34-47)44-27-25-43(26-28-44)42-23-21-41(22-24-42)40-13-6-5-7-14-40/h5-39H,1-4H3. The number of rotatable bonds is 7. The van der Waals surface area contributed by atoms with Crippen LogP contribution in [0.2, 0.25) is 0 Å². The van der Waals surface area contributed by atoms with Gasteiger partial charge in [-0.3, -0.25) is 0 Å². The number of nitrogens with zero attached hydrogens (tertiary/aromatic N) is 1. The molecule has 0 aromatic heterocycles. The van der Waals surface area contributed by atoms with Gasteiger partial charge in [-0.15, -0.1) is 0 Å². The van der Waals surface area contributed by atoms with E-state index in [1.54, 1.807) is 0 Å². The van der Waals surface area contributed by atoms with Crippen LogP contribution in [0.5, 0.6) is 0 Å². The lowest BCUT2D eigenvalue weighted by Gasteiger charge is -2.29. The Labute approximate surface area is 360 Å². The van der Waals surface area contributed by atoms with Crippen molar-refractivity contribution in [1.29, 1.82) is 0 Å². The van der Waals surface area contributed by atoms with Crippen LogP contribution < -0.4 is 4.90 Å². The van der Waals surface area contributed by atoms with Crippen LogP contribution in [0.3, 0.4) is 0 Å². The van der Waals surface area contributed by atoms with Gasteiger partial charge in [0.05, 0.1) is 0 Å². The van der Waals surface area contributed by atoms with Crippen LogP contribution in [0.25, 0.3) is 66.8 Å². The van der Waals surface area contributed by atoms with Crippen molar-refractivity contribution in [3.05, 3.63) is 235 Å². The van der Waals surface area contributed by atoms with Gasteiger partial charge in [-0.2, -0.15) is 0 Å². The van der Waals surface area contributed by atoms with Crippen LogP contribution in [-0.4, -0.2) is 0 Å². The number of anilines is 3. The van der Waals surface area contributed by atoms with Crippen molar-refractivity contribution in [2.75, 3.05) is 4.90 Å². The molecule has 0 N–H and O–H groups in total. The van der Waals surface area contributed by atoms with E-state index in [0.29, 0.717) is 0 Å². The van der Waals surface area contributed by atoms with E-state index in [4.69, 9.17) is 0 Å². The molecule has 9 aromatic rings. The topological polar surface area (TPSA) is 3.24 Å². The summed E-state index contributed by atoms with van der Waals surface area (Å²) in [6.45, 7) is 9.46. The fourth-order valence-electron chi connectivity index (χ4n) is 10.3. The molecule has 0 saturated carbocycles. The first-order chi connectivity index (χ1) is 29.8. The Balaban J connectivity index is 0.944. The molecule has 0 unspecified atom stereocenters. The van der Waals surface area contributed by atoms with Crippen LogP contribution in [0, 0.1) is 0 Å². The minimum atomic E-state index is -0.102. The Hall–Kier alpha value is -7.22. The lowest BCUT2D eigenvalue weighted by molar-refractivity contribution is 0.660. The van der Waals surface area contributed by atoms with Crippen molar-refractivity contribution < 1.29 is 0 Å². The molecule has 0 heterocycles. The second-order valence-corrected chi connectivity index (χ2v) is 17.7. The van der Waals surface area contributed by atoms with Crippen molar-refractivity contribution in [2.24, 2.45) is 0 Å². The second kappa shape index (κ2) is 14.2. The summed E-state index contributed by atoms with van der Waals surface area (Å²) in [6.07, 6.45) is 0. The average Bonchev–Trinajstić information content (AvgIpc) is 3.69. The summed E-state index contributed by atoms with van der Waals surface area (Å²) in [5.74, 6) is 0. The Kier molecular flexibility index (Phi) is 8.58. The first kappa shape index (κ1) is 36.8. The summed E-state index contributed by atoms with van der Waals surface area (Å²) >= 11 is 0. The van der Waals surface area contributed by atoms with E-state index in [1.165, 1.54) is 89.0 Å². The van der Waals surface area contributed by atoms with Crippen molar-refractivity contribution in [2.45, 2.75) is 38.5 Å². The number of hydrogen-bond donors (Lipinski definition) is 0. The van der Waals surface area contributed by atoms with Gasteiger partial charge in [0.2, 0.25) is 0 Å². The van der Waals surface area contributed by atoms with Gasteiger partial charge in [0, 0.05) is 27.9 Å². The second-order valence-electron chi connectivity index (χ2n) is 17.7. The molecule has 1 nitrogen and oxygen atoms in total. The fourth-order valence-corrected chi connectivity index (χ4v) is 10.3. The van der Waals surface area contributed by atoms with Gasteiger partial charge >= 0.3 is 0 Å². The highest BCUT2D eigenvalue weighted by Crippen LogP contribution is 2.53. The summed E-state index contributed by atoms with van der Waals surface area (Å²) in [5, 5.41) is 0. The van der Waals surface area contributed by atoms with E-state index in [-0.39, 0.29) is 10.8 Å². The maximum Gasteiger partial charge on any atom is 0.0465 e. The monoisotopic (exact) mass is 781 g/mol. The molecule has 11 rings (SSSR count). The Morgan fingerprint density at radius 1 is 0.262 bits per heavy atom. The Bertz CT molecular complexity index is 3080. The van der Waals surface area contributed by atoms with E-state index in [0.717, 1.165) is 17.1 Å². The molecule has 292 valence electrons. The molecular formula is C60H47N. The van der Waals surface area contributed by atoms with Gasteiger partial charge in [-0.05, 0) is 125 Å². The van der Waals surface area contributed by atoms with Crippen LogP contribution in [0.15, 0.2) is 212 Å². The lowest BCUT2D eigenvalue weighted by Crippen LogP contribution is -2.16. The van der Waals surface area contributed by atoms with E-state index in [2.05, 4.69) is 245 Å². The third kappa shape index (κ3) is 6.07. The molecule has 61 heavy (non-hydrogen) atoms. The Morgan fingerprint density at radius 2 is 0.639 bits per heavy atom. The fraction of sp³-hybridized carbons (Fsp3) is 0.100. The maximum atomic E-state index is 2.42. The molecular weight excluding hydrogens is 735 g/mol. The summed E-state index contributed by atoms with van der Waals surface area (Å²) in [7, 11) is 0. The van der Waals surface area contributed by atoms with E-state index >= 15 is 0 Å². The third-order valence-corrected chi connectivity index (χ3v) is 13.5. The SMILES string of the molecule is CC1(C)c2ccccc2-c2ccc(N(c3ccc(-c4ccc(-c5ccc(-c6ccccc6)cc5)cc4)cc3)c3ccc(-c4cccc5c4C(C)(C)c4ccccc4-5)cc3)cc21. The van der Waals surface area contributed by atoms with Gasteiger partial charge in [-0.25, -0.2) is 0 Å². The zero-order valence-corrected chi connectivity index (χ0v) is 35.2. The zero-order chi connectivity index (χ0) is 41.3. The quantitative estimate of drug-likeness (QED) is 0.156. The molecule has 0 atom stereocenters. The summed E-state index contributed by atoms with van der Waals surface area (Å²) in [4.78, 5) is 2.42. The van der Waals surface area contributed by atoms with E-state index < -0.39 is 0 Å². The largest absolute Gasteiger partial charge is 0.310 e. The predicted molar refractivity (Wildman–Crippen MR) is 258 cm³/mol. The Morgan fingerprint density at radius 3 is 1.20 bits per heavy atom. The molecule has 0 spiro atoms. The molecule has 0 fully saturated rings. The first-order valence-electron chi connectivity index (χ1n) is 21.5. The smallest absolute Gasteiger partial charge is 0.0465 e. The highest BCUT2D eigenvalue weighted by Gasteiger charge is 2.38. The number of hydrogen-bond acceptors (Lipinski definition) is 1. The van der Waals surface area contributed by atoms with Crippen LogP contribution in [0.1, 0.15) is 49.9 Å². The molecule has 0 aliphatic heterocycles. The molecule has 9 aromatic carbocycles. The highest BCUT2D eigenvalue weighted by molar-refractivity contribution is 5.90. The van der Waals surface area contributed by atoms with E-state index in [9.17, 15) is 0 Å². The minimum Gasteiger partial charge on any atom is -0.310 e. The lowest BCUT2D eigenvalue weighted by atomic mass is 9.79. The van der Waals surface area contributed by atoms with Gasteiger partial charge in [-0.1, -0.05) is 204 Å². The van der Waals surface area contributed by atoms with Crippen LogP contribution >= 0.6 is 0 Å². The van der Waals surface area contributed by atoms with Crippen LogP contribution in [-0.2, 0) is 10.8 Å². The van der Waals surface area contributed by atoms with Crippen LogP contribution in [0.4, 0.5) is 17.1 Å². The van der Waals surface area contributed by atoms with E-state index in [1.807, 2.05) is 0 Å². The van der Waals surface area contributed by atoms with Gasteiger partial charge in [0.25, 0.3) is 0 Å². The van der Waals surface area contributed by atoms with Crippen molar-refractivity contribution >= 4 is 17.1 Å². The summed E-state index contributed by atoms with van der Waals surface area (Å²) < 4.78 is 0. The van der Waals surface area contributed by atoms with Gasteiger partial charge in [0.1, 0.15) is 0 Å². The third-order valence-electron chi connectivity index (χ3n) is 13.5. The molecule has 0 saturated heterocycles. The van der Waals surface area contributed by atoms with Crippen molar-refractivity contribution in [1.82, 2.24) is 0 Å².